The van der Waals surface area contributed by atoms with Crippen molar-refractivity contribution in [2.24, 2.45) is 23.7 Å². The van der Waals surface area contributed by atoms with Gasteiger partial charge in [0.05, 0.1) is 24.5 Å². The molecule has 1 aromatic carbocycles. The third-order valence-electron chi connectivity index (χ3n) is 10.1. The van der Waals surface area contributed by atoms with E-state index in [-0.39, 0.29) is 29.8 Å². The summed E-state index contributed by atoms with van der Waals surface area (Å²) >= 11 is 0. The normalized spacial score (nSPS) is 38.3. The number of fused-ring (bicyclic) bond motifs is 1. The van der Waals surface area contributed by atoms with Gasteiger partial charge in [0.15, 0.2) is 0 Å². The lowest BCUT2D eigenvalue weighted by molar-refractivity contribution is -0.145. The average molecular weight is 550 g/mol. The fraction of sp³-hybridized carbons (Fsp3) is 0.656. The van der Waals surface area contributed by atoms with Crippen LogP contribution in [0.3, 0.4) is 0 Å². The molecule has 2 bridgehead atoms. The molecule has 7 atom stereocenters. The number of nitrogens with zero attached hydrogens (tertiary/aromatic N) is 1. The molecule has 6 rings (SSSR count). The van der Waals surface area contributed by atoms with E-state index in [4.69, 9.17) is 9.47 Å². The Balaban J connectivity index is 1.28. The smallest absolute Gasteiger partial charge is 0.246 e. The third-order valence-corrected chi connectivity index (χ3v) is 10.1. The summed E-state index contributed by atoms with van der Waals surface area (Å²) in [6.07, 6.45) is 11.4. The van der Waals surface area contributed by atoms with Crippen LogP contribution in [0, 0.1) is 23.7 Å². The zero-order valence-corrected chi connectivity index (χ0v) is 23.9. The van der Waals surface area contributed by atoms with Crippen LogP contribution in [0.2, 0.25) is 0 Å². The predicted molar refractivity (Wildman–Crippen MR) is 152 cm³/mol. The fourth-order valence-corrected chi connectivity index (χ4v) is 7.94. The molecular weight excluding hydrogens is 506 g/mol. The van der Waals surface area contributed by atoms with Crippen LogP contribution in [0.15, 0.2) is 36.4 Å². The van der Waals surface area contributed by atoms with Gasteiger partial charge in [0.2, 0.25) is 17.7 Å². The molecule has 5 aliphatic rings. The van der Waals surface area contributed by atoms with Crippen LogP contribution in [0.5, 0.6) is 5.75 Å². The van der Waals surface area contributed by atoms with E-state index in [1.54, 1.807) is 12.1 Å². The minimum Gasteiger partial charge on any atom is -0.494 e. The summed E-state index contributed by atoms with van der Waals surface area (Å²) in [6, 6.07) is 6.55. The van der Waals surface area contributed by atoms with Gasteiger partial charge in [-0.15, -0.1) is 0 Å². The van der Waals surface area contributed by atoms with Gasteiger partial charge in [-0.25, -0.2) is 0 Å². The van der Waals surface area contributed by atoms with E-state index in [9.17, 15) is 14.4 Å². The Kier molecular flexibility index (Phi) is 7.40. The van der Waals surface area contributed by atoms with Crippen LogP contribution in [-0.4, -0.2) is 59.1 Å². The molecule has 4 fully saturated rings. The number of amides is 3. The van der Waals surface area contributed by atoms with Crippen molar-refractivity contribution in [1.82, 2.24) is 10.2 Å². The first kappa shape index (κ1) is 27.3. The van der Waals surface area contributed by atoms with E-state index in [1.807, 2.05) is 36.1 Å². The number of hydrogen-bond donors (Lipinski definition) is 2. The van der Waals surface area contributed by atoms with Crippen LogP contribution < -0.4 is 15.4 Å². The molecule has 216 valence electrons. The second-order valence-electron chi connectivity index (χ2n) is 12.7. The van der Waals surface area contributed by atoms with Gasteiger partial charge in [-0.2, -0.15) is 0 Å². The molecular formula is C32H43N3O5. The second-order valence-corrected chi connectivity index (χ2v) is 12.7. The monoisotopic (exact) mass is 549 g/mol. The van der Waals surface area contributed by atoms with Gasteiger partial charge in [0.1, 0.15) is 17.4 Å². The lowest BCUT2D eigenvalue weighted by atomic mass is 9.74. The molecule has 2 saturated carbocycles. The molecule has 2 saturated heterocycles. The van der Waals surface area contributed by atoms with E-state index in [0.29, 0.717) is 24.1 Å². The summed E-state index contributed by atoms with van der Waals surface area (Å²) in [6.45, 7) is 6.94. The number of anilines is 1. The Morgan fingerprint density at radius 3 is 2.45 bits per heavy atom. The number of likely N-dealkylation sites (tertiary alicyclic amines) is 1. The van der Waals surface area contributed by atoms with E-state index in [0.717, 1.165) is 50.7 Å². The van der Waals surface area contributed by atoms with Gasteiger partial charge >= 0.3 is 0 Å². The summed E-state index contributed by atoms with van der Waals surface area (Å²) in [7, 11) is 0. The number of carbonyl (C=O) groups is 3. The second kappa shape index (κ2) is 10.8. The SMILES string of the molecule is CCOc1ccc(NC(=O)[C@@H]2[C@@H]3C=C[C@]4(O3)[C@@H]2C(=O)N(C2CCC(C)CC2)[C@H]4C(=O)N[C@H]2CCCC[C@H]2C)cc1. The maximum Gasteiger partial charge on any atom is 0.246 e. The number of nitrogens with one attached hydrogen (secondary N) is 2. The predicted octanol–water partition coefficient (Wildman–Crippen LogP) is 4.45. The lowest BCUT2D eigenvalue weighted by Crippen LogP contribution is -2.59. The standard InChI is InChI=1S/C32H43N3O5/c1-4-39-23-15-11-21(12-16-23)33-29(36)26-25-17-18-32(40-25)27(26)31(38)35(22-13-9-19(2)10-14-22)28(32)30(37)34-24-8-6-5-7-20(24)3/h11-12,15-20,22,24-28H,4-10,13-14H2,1-3H3,(H,33,36)(H,34,37)/t19?,20-,22?,24+,25+,26-,27+,28+,32+/m1/s1. The molecule has 0 radical (unpaired) electrons. The minimum atomic E-state index is -1.12. The Labute approximate surface area is 237 Å². The highest BCUT2D eigenvalue weighted by molar-refractivity contribution is 6.03. The first-order chi connectivity index (χ1) is 19.3. The first-order valence-corrected chi connectivity index (χ1v) is 15.4. The van der Waals surface area contributed by atoms with Crippen LogP contribution in [0.25, 0.3) is 0 Å². The molecule has 3 amide bonds. The largest absolute Gasteiger partial charge is 0.494 e. The zero-order chi connectivity index (χ0) is 28.0. The molecule has 3 aliphatic heterocycles. The first-order valence-electron chi connectivity index (χ1n) is 15.4. The van der Waals surface area contributed by atoms with Gasteiger partial charge in [-0.05, 0) is 81.5 Å². The van der Waals surface area contributed by atoms with Crippen molar-refractivity contribution in [1.29, 1.82) is 0 Å². The number of carbonyl (C=O) groups excluding carboxylic acids is 3. The molecule has 1 aromatic rings. The van der Waals surface area contributed by atoms with Gasteiger partial charge in [-0.3, -0.25) is 14.4 Å². The van der Waals surface area contributed by atoms with E-state index >= 15 is 0 Å². The average Bonchev–Trinajstić information content (AvgIpc) is 3.59. The molecule has 0 aromatic heterocycles. The zero-order valence-electron chi connectivity index (χ0n) is 23.9. The summed E-state index contributed by atoms with van der Waals surface area (Å²) in [5.41, 5.74) is -0.480. The Morgan fingerprint density at radius 1 is 1.02 bits per heavy atom. The van der Waals surface area contributed by atoms with Crippen molar-refractivity contribution in [2.75, 3.05) is 11.9 Å². The van der Waals surface area contributed by atoms with Crippen molar-refractivity contribution in [3.63, 3.8) is 0 Å². The molecule has 1 spiro atoms. The highest BCUT2D eigenvalue weighted by Crippen LogP contribution is 2.56. The molecule has 0 unspecified atom stereocenters. The van der Waals surface area contributed by atoms with Gasteiger partial charge in [0, 0.05) is 17.8 Å². The third kappa shape index (κ3) is 4.62. The van der Waals surface area contributed by atoms with Gasteiger partial charge in [0.25, 0.3) is 0 Å². The van der Waals surface area contributed by atoms with Gasteiger partial charge in [-0.1, -0.05) is 38.8 Å². The minimum absolute atomic E-state index is 0.0194. The van der Waals surface area contributed by atoms with E-state index in [2.05, 4.69) is 24.5 Å². The Bertz CT molecular complexity index is 1160. The summed E-state index contributed by atoms with van der Waals surface area (Å²) in [4.78, 5) is 44.1. The molecule has 2 aliphatic carbocycles. The lowest BCUT2D eigenvalue weighted by Gasteiger charge is -2.40. The van der Waals surface area contributed by atoms with Crippen LogP contribution >= 0.6 is 0 Å². The van der Waals surface area contributed by atoms with Crippen molar-refractivity contribution < 1.29 is 23.9 Å². The van der Waals surface area contributed by atoms with Crippen LogP contribution in [0.4, 0.5) is 5.69 Å². The van der Waals surface area contributed by atoms with Crippen molar-refractivity contribution in [3.8, 4) is 5.75 Å². The summed E-state index contributed by atoms with van der Waals surface area (Å²) in [5.74, 6) is -0.170. The highest BCUT2D eigenvalue weighted by Gasteiger charge is 2.73. The highest BCUT2D eigenvalue weighted by atomic mass is 16.5. The van der Waals surface area contributed by atoms with Crippen LogP contribution in [0.1, 0.15) is 72.1 Å². The maximum absolute atomic E-state index is 14.3. The number of ether oxygens (including phenoxy) is 2. The molecule has 40 heavy (non-hydrogen) atoms. The Morgan fingerprint density at radius 2 is 1.75 bits per heavy atom. The quantitative estimate of drug-likeness (QED) is 0.490. The van der Waals surface area contributed by atoms with Crippen molar-refractivity contribution in [2.45, 2.75) is 102 Å². The van der Waals surface area contributed by atoms with E-state index < -0.39 is 29.6 Å². The molecule has 3 heterocycles. The van der Waals surface area contributed by atoms with Gasteiger partial charge < -0.3 is 25.0 Å². The topological polar surface area (TPSA) is 97.0 Å². The molecule has 2 N–H and O–H groups in total. The van der Waals surface area contributed by atoms with E-state index in [1.165, 1.54) is 6.42 Å². The van der Waals surface area contributed by atoms with Crippen molar-refractivity contribution in [3.05, 3.63) is 36.4 Å². The number of rotatable bonds is 7. The maximum atomic E-state index is 14.3. The summed E-state index contributed by atoms with van der Waals surface area (Å²) < 4.78 is 12.1. The van der Waals surface area contributed by atoms with Crippen molar-refractivity contribution >= 4 is 23.4 Å². The molecule has 8 heteroatoms. The summed E-state index contributed by atoms with van der Waals surface area (Å²) in [5, 5.41) is 6.34. The number of hydrogen-bond acceptors (Lipinski definition) is 5. The van der Waals surface area contributed by atoms with Crippen LogP contribution in [-0.2, 0) is 19.1 Å². The Hall–Kier alpha value is -2.87. The number of benzene rings is 1. The molecule has 8 nitrogen and oxygen atoms in total. The fourth-order valence-electron chi connectivity index (χ4n) is 7.94.